The van der Waals surface area contributed by atoms with Crippen LogP contribution in [-0.4, -0.2) is 17.2 Å². The Balaban J connectivity index is 1.97. The van der Waals surface area contributed by atoms with Gasteiger partial charge in [-0.15, -0.1) is 11.3 Å². The van der Waals surface area contributed by atoms with Crippen LogP contribution in [0.25, 0.3) is 0 Å². The third kappa shape index (κ3) is 3.32. The highest BCUT2D eigenvalue weighted by molar-refractivity contribution is 7.17. The third-order valence-electron chi connectivity index (χ3n) is 2.05. The molecule has 1 heterocycles. The number of amides is 1. The quantitative estimate of drug-likeness (QED) is 0.671. The van der Waals surface area contributed by atoms with E-state index in [4.69, 9.17) is 11.6 Å². The highest BCUT2D eigenvalue weighted by atomic mass is 35.5. The standard InChI is InChI=1S/C12H9ClN2O2S/c13-11-5-4-10(18-11)12(17)15-14-7-8-2-1-3-9(16)6-8/h1-7,16H,(H,15,17)/b14-7-. The van der Waals surface area contributed by atoms with E-state index in [0.29, 0.717) is 14.8 Å². The van der Waals surface area contributed by atoms with E-state index in [1.54, 1.807) is 30.3 Å². The average molecular weight is 281 g/mol. The fourth-order valence-corrected chi connectivity index (χ4v) is 2.19. The zero-order valence-electron chi connectivity index (χ0n) is 9.13. The van der Waals surface area contributed by atoms with Gasteiger partial charge in [0.15, 0.2) is 0 Å². The number of phenolic OH excluding ortho intramolecular Hbond substituents is 1. The summed E-state index contributed by atoms with van der Waals surface area (Å²) in [4.78, 5) is 12.1. The Hall–Kier alpha value is -1.85. The molecule has 0 radical (unpaired) electrons. The van der Waals surface area contributed by atoms with Crippen molar-refractivity contribution in [1.29, 1.82) is 0 Å². The average Bonchev–Trinajstić information content (AvgIpc) is 2.76. The zero-order valence-corrected chi connectivity index (χ0v) is 10.7. The number of nitrogens with one attached hydrogen (secondary N) is 1. The fraction of sp³-hybridized carbons (Fsp3) is 0. The molecule has 0 aliphatic rings. The Morgan fingerprint density at radius 3 is 2.89 bits per heavy atom. The van der Waals surface area contributed by atoms with Crippen LogP contribution in [0.2, 0.25) is 4.34 Å². The Labute approximate surface area is 113 Å². The van der Waals surface area contributed by atoms with Gasteiger partial charge < -0.3 is 5.11 Å². The monoisotopic (exact) mass is 280 g/mol. The maximum absolute atomic E-state index is 11.6. The zero-order chi connectivity index (χ0) is 13.0. The second kappa shape index (κ2) is 5.66. The minimum Gasteiger partial charge on any atom is -0.508 e. The van der Waals surface area contributed by atoms with Gasteiger partial charge in [0.05, 0.1) is 15.4 Å². The van der Waals surface area contributed by atoms with Crippen LogP contribution in [0.4, 0.5) is 0 Å². The van der Waals surface area contributed by atoms with Gasteiger partial charge in [-0.1, -0.05) is 23.7 Å². The first-order valence-electron chi connectivity index (χ1n) is 5.03. The first-order chi connectivity index (χ1) is 8.65. The summed E-state index contributed by atoms with van der Waals surface area (Å²) in [6.07, 6.45) is 1.45. The van der Waals surface area contributed by atoms with Crippen LogP contribution in [-0.2, 0) is 0 Å². The SMILES string of the molecule is O=C(N/N=C\c1cccc(O)c1)c1ccc(Cl)s1. The van der Waals surface area contributed by atoms with Crippen LogP contribution >= 0.6 is 22.9 Å². The number of thiophene rings is 1. The number of rotatable bonds is 3. The predicted octanol–water partition coefficient (Wildman–Crippen LogP) is 2.87. The summed E-state index contributed by atoms with van der Waals surface area (Å²) < 4.78 is 0.553. The number of aromatic hydroxyl groups is 1. The van der Waals surface area contributed by atoms with E-state index in [1.807, 2.05) is 0 Å². The lowest BCUT2D eigenvalue weighted by Gasteiger charge is -1.96. The second-order valence-corrected chi connectivity index (χ2v) is 5.11. The molecule has 0 bridgehead atoms. The topological polar surface area (TPSA) is 61.7 Å². The van der Waals surface area contributed by atoms with Crippen molar-refractivity contribution in [3.05, 3.63) is 51.2 Å². The van der Waals surface area contributed by atoms with E-state index in [-0.39, 0.29) is 11.7 Å². The van der Waals surface area contributed by atoms with Crippen molar-refractivity contribution in [1.82, 2.24) is 5.43 Å². The summed E-state index contributed by atoms with van der Waals surface area (Å²) in [5, 5.41) is 13.0. The van der Waals surface area contributed by atoms with Gasteiger partial charge in [0.25, 0.3) is 5.91 Å². The van der Waals surface area contributed by atoms with Gasteiger partial charge in [-0.25, -0.2) is 5.43 Å². The van der Waals surface area contributed by atoms with E-state index in [9.17, 15) is 9.90 Å². The smallest absolute Gasteiger partial charge is 0.281 e. The minimum atomic E-state index is -0.316. The first kappa shape index (κ1) is 12.6. The highest BCUT2D eigenvalue weighted by Gasteiger charge is 2.06. The van der Waals surface area contributed by atoms with Gasteiger partial charge in [0, 0.05) is 0 Å². The molecule has 0 saturated heterocycles. The molecule has 0 atom stereocenters. The Kier molecular flexibility index (Phi) is 3.96. The number of carbonyl (C=O) groups is 1. The maximum atomic E-state index is 11.6. The molecule has 6 heteroatoms. The Bertz CT molecular complexity index is 595. The molecule has 2 rings (SSSR count). The van der Waals surface area contributed by atoms with Crippen LogP contribution in [0.3, 0.4) is 0 Å². The minimum absolute atomic E-state index is 0.148. The number of hydrogen-bond donors (Lipinski definition) is 2. The van der Waals surface area contributed by atoms with Gasteiger partial charge in [-0.05, 0) is 29.8 Å². The Morgan fingerprint density at radius 1 is 1.39 bits per heavy atom. The normalized spacial score (nSPS) is 10.7. The van der Waals surface area contributed by atoms with Gasteiger partial charge in [0.2, 0.25) is 0 Å². The number of nitrogens with zero attached hydrogens (tertiary/aromatic N) is 1. The summed E-state index contributed by atoms with van der Waals surface area (Å²) in [5.74, 6) is -0.168. The molecular formula is C12H9ClN2O2S. The van der Waals surface area contributed by atoms with Crippen LogP contribution in [0.15, 0.2) is 41.5 Å². The second-order valence-electron chi connectivity index (χ2n) is 3.40. The molecule has 2 aromatic rings. The van der Waals surface area contributed by atoms with Crippen LogP contribution in [0.5, 0.6) is 5.75 Å². The Morgan fingerprint density at radius 2 is 2.22 bits per heavy atom. The molecule has 0 spiro atoms. The van der Waals surface area contributed by atoms with Crippen LogP contribution in [0, 0.1) is 0 Å². The van der Waals surface area contributed by atoms with Crippen molar-refractivity contribution in [3.8, 4) is 5.75 Å². The molecule has 1 aromatic carbocycles. The van der Waals surface area contributed by atoms with E-state index in [0.717, 1.165) is 0 Å². The molecular weight excluding hydrogens is 272 g/mol. The summed E-state index contributed by atoms with van der Waals surface area (Å²) in [7, 11) is 0. The fourth-order valence-electron chi connectivity index (χ4n) is 1.26. The molecule has 0 aliphatic carbocycles. The molecule has 1 amide bonds. The molecule has 0 unspecified atom stereocenters. The van der Waals surface area contributed by atoms with E-state index >= 15 is 0 Å². The van der Waals surface area contributed by atoms with Crippen molar-refractivity contribution < 1.29 is 9.90 Å². The third-order valence-corrected chi connectivity index (χ3v) is 3.28. The molecule has 0 saturated carbocycles. The highest BCUT2D eigenvalue weighted by Crippen LogP contribution is 2.21. The lowest BCUT2D eigenvalue weighted by atomic mass is 10.2. The summed E-state index contributed by atoms with van der Waals surface area (Å²) in [6, 6.07) is 9.84. The molecule has 0 fully saturated rings. The first-order valence-corrected chi connectivity index (χ1v) is 6.22. The summed E-state index contributed by atoms with van der Waals surface area (Å²) in [6.45, 7) is 0. The van der Waals surface area contributed by atoms with Gasteiger partial charge >= 0.3 is 0 Å². The van der Waals surface area contributed by atoms with E-state index < -0.39 is 0 Å². The summed E-state index contributed by atoms with van der Waals surface area (Å²) >= 11 is 6.91. The number of hydrazone groups is 1. The van der Waals surface area contributed by atoms with Crippen molar-refractivity contribution in [2.45, 2.75) is 0 Å². The predicted molar refractivity (Wildman–Crippen MR) is 72.5 cm³/mol. The number of phenols is 1. The molecule has 4 nitrogen and oxygen atoms in total. The van der Waals surface area contributed by atoms with E-state index in [1.165, 1.54) is 23.6 Å². The lowest BCUT2D eigenvalue weighted by Crippen LogP contribution is -2.16. The van der Waals surface area contributed by atoms with E-state index in [2.05, 4.69) is 10.5 Å². The van der Waals surface area contributed by atoms with Crippen LogP contribution in [0.1, 0.15) is 15.2 Å². The number of halogens is 1. The van der Waals surface area contributed by atoms with Gasteiger partial charge in [-0.3, -0.25) is 4.79 Å². The largest absolute Gasteiger partial charge is 0.508 e. The molecule has 18 heavy (non-hydrogen) atoms. The molecule has 2 N–H and O–H groups in total. The molecule has 92 valence electrons. The molecule has 0 aliphatic heterocycles. The van der Waals surface area contributed by atoms with Crippen molar-refractivity contribution in [2.24, 2.45) is 5.10 Å². The summed E-state index contributed by atoms with van der Waals surface area (Å²) in [5.41, 5.74) is 3.07. The number of carbonyl (C=O) groups excluding carboxylic acids is 1. The number of hydrogen-bond acceptors (Lipinski definition) is 4. The van der Waals surface area contributed by atoms with Crippen molar-refractivity contribution in [3.63, 3.8) is 0 Å². The van der Waals surface area contributed by atoms with Crippen LogP contribution < -0.4 is 5.43 Å². The molecule has 1 aromatic heterocycles. The van der Waals surface area contributed by atoms with Crippen molar-refractivity contribution in [2.75, 3.05) is 0 Å². The lowest BCUT2D eigenvalue weighted by molar-refractivity contribution is 0.0959. The van der Waals surface area contributed by atoms with Crippen molar-refractivity contribution >= 4 is 35.1 Å². The van der Waals surface area contributed by atoms with Gasteiger partial charge in [-0.2, -0.15) is 5.10 Å². The van der Waals surface area contributed by atoms with Gasteiger partial charge in [0.1, 0.15) is 5.75 Å². The number of benzene rings is 1. The maximum Gasteiger partial charge on any atom is 0.281 e.